The summed E-state index contributed by atoms with van der Waals surface area (Å²) in [4.78, 5) is 11.7. The van der Waals surface area contributed by atoms with E-state index >= 15 is 0 Å². The molecule has 1 fully saturated rings. The van der Waals surface area contributed by atoms with E-state index in [1.165, 1.54) is 5.56 Å². The van der Waals surface area contributed by atoms with Crippen LogP contribution in [0.5, 0.6) is 0 Å². The zero-order chi connectivity index (χ0) is 12.5. The second-order valence-electron chi connectivity index (χ2n) is 5.36. The van der Waals surface area contributed by atoms with E-state index in [2.05, 4.69) is 5.32 Å². The van der Waals surface area contributed by atoms with Crippen molar-refractivity contribution in [1.82, 2.24) is 5.32 Å². The molecule has 0 saturated heterocycles. The Morgan fingerprint density at radius 2 is 1.94 bits per heavy atom. The second-order valence-corrected chi connectivity index (χ2v) is 5.36. The maximum Gasteiger partial charge on any atom is 0.251 e. The number of rotatable bonds is 4. The van der Waals surface area contributed by atoms with Gasteiger partial charge in [-0.15, -0.1) is 0 Å². The van der Waals surface area contributed by atoms with E-state index in [4.69, 9.17) is 5.73 Å². The summed E-state index contributed by atoms with van der Waals surface area (Å²) in [6.07, 6.45) is 3.14. The highest BCUT2D eigenvalue weighted by atomic mass is 16.1. The monoisotopic (exact) mass is 232 g/mol. The second kappa shape index (κ2) is 4.49. The molecule has 0 radical (unpaired) electrons. The lowest BCUT2D eigenvalue weighted by atomic mass is 10.0. The van der Waals surface area contributed by atoms with Crippen molar-refractivity contribution >= 4 is 5.91 Å². The zero-order valence-corrected chi connectivity index (χ0v) is 10.5. The van der Waals surface area contributed by atoms with Crippen LogP contribution < -0.4 is 11.1 Å². The first-order valence-corrected chi connectivity index (χ1v) is 6.17. The molecular weight excluding hydrogens is 212 g/mol. The number of hydrogen-bond acceptors (Lipinski definition) is 2. The summed E-state index contributed by atoms with van der Waals surface area (Å²) in [5.74, 6) is -0.0135. The molecule has 1 aromatic carbocycles. The molecule has 0 unspecified atom stereocenters. The number of carbonyl (C=O) groups excluding carboxylic acids is 1. The van der Waals surface area contributed by atoms with Crippen LogP contribution in [0, 0.1) is 0 Å². The van der Waals surface area contributed by atoms with E-state index < -0.39 is 0 Å². The summed E-state index contributed by atoms with van der Waals surface area (Å²) >= 11 is 0. The van der Waals surface area contributed by atoms with Gasteiger partial charge in [-0.1, -0.05) is 12.1 Å². The summed E-state index contributed by atoms with van der Waals surface area (Å²) < 4.78 is 0. The molecule has 17 heavy (non-hydrogen) atoms. The average Bonchev–Trinajstić information content (AvgIpc) is 2.96. The third kappa shape index (κ3) is 3.30. The van der Waals surface area contributed by atoms with Gasteiger partial charge in [0.05, 0.1) is 0 Å². The number of amides is 1. The van der Waals surface area contributed by atoms with Crippen molar-refractivity contribution in [3.05, 3.63) is 35.4 Å². The van der Waals surface area contributed by atoms with Gasteiger partial charge in [0.2, 0.25) is 0 Å². The van der Waals surface area contributed by atoms with Crippen LogP contribution in [0.15, 0.2) is 24.3 Å². The molecule has 0 aromatic heterocycles. The largest absolute Gasteiger partial charge is 0.350 e. The smallest absolute Gasteiger partial charge is 0.251 e. The fourth-order valence-electron chi connectivity index (χ4n) is 1.86. The van der Waals surface area contributed by atoms with E-state index in [1.54, 1.807) is 0 Å². The van der Waals surface area contributed by atoms with E-state index in [-0.39, 0.29) is 17.5 Å². The SMILES string of the molecule is CC(C)NC(=O)c1ccc(CC2(N)CC2)cc1. The van der Waals surface area contributed by atoms with E-state index in [0.717, 1.165) is 19.3 Å². The molecule has 1 amide bonds. The standard InChI is InChI=1S/C14H20N2O/c1-10(2)16-13(17)12-5-3-11(4-6-12)9-14(15)7-8-14/h3-6,10H,7-9,15H2,1-2H3,(H,16,17). The summed E-state index contributed by atoms with van der Waals surface area (Å²) in [5.41, 5.74) is 8.02. The third-order valence-electron chi connectivity index (χ3n) is 3.08. The van der Waals surface area contributed by atoms with Gasteiger partial charge in [0, 0.05) is 17.1 Å². The van der Waals surface area contributed by atoms with Crippen LogP contribution in [-0.4, -0.2) is 17.5 Å². The molecule has 92 valence electrons. The Labute approximate surface area is 102 Å². The van der Waals surface area contributed by atoms with Crippen molar-refractivity contribution < 1.29 is 4.79 Å². The molecule has 3 heteroatoms. The van der Waals surface area contributed by atoms with Gasteiger partial charge in [0.15, 0.2) is 0 Å². The topological polar surface area (TPSA) is 55.1 Å². The van der Waals surface area contributed by atoms with Gasteiger partial charge in [-0.3, -0.25) is 4.79 Å². The number of nitrogens with two attached hydrogens (primary N) is 1. The number of hydrogen-bond donors (Lipinski definition) is 2. The van der Waals surface area contributed by atoms with Gasteiger partial charge in [-0.25, -0.2) is 0 Å². The highest BCUT2D eigenvalue weighted by Gasteiger charge is 2.37. The fraction of sp³-hybridized carbons (Fsp3) is 0.500. The lowest BCUT2D eigenvalue weighted by Gasteiger charge is -2.10. The molecule has 0 spiro atoms. The van der Waals surface area contributed by atoms with Gasteiger partial charge in [-0.2, -0.15) is 0 Å². The molecule has 0 aliphatic heterocycles. The van der Waals surface area contributed by atoms with Gasteiger partial charge in [0.25, 0.3) is 5.91 Å². The van der Waals surface area contributed by atoms with Crippen molar-refractivity contribution in [1.29, 1.82) is 0 Å². The fourth-order valence-corrected chi connectivity index (χ4v) is 1.86. The molecule has 1 aromatic rings. The molecule has 0 heterocycles. The molecule has 1 aliphatic carbocycles. The quantitative estimate of drug-likeness (QED) is 0.832. The molecule has 1 aliphatic rings. The van der Waals surface area contributed by atoms with Crippen LogP contribution in [0.25, 0.3) is 0 Å². The summed E-state index contributed by atoms with van der Waals surface area (Å²) in [7, 11) is 0. The van der Waals surface area contributed by atoms with Crippen molar-refractivity contribution in [3.8, 4) is 0 Å². The number of carbonyl (C=O) groups is 1. The Balaban J connectivity index is 1.99. The van der Waals surface area contributed by atoms with Crippen LogP contribution in [0.2, 0.25) is 0 Å². The highest BCUT2D eigenvalue weighted by molar-refractivity contribution is 5.94. The first kappa shape index (κ1) is 12.1. The van der Waals surface area contributed by atoms with Gasteiger partial charge in [0.1, 0.15) is 0 Å². The average molecular weight is 232 g/mol. The maximum atomic E-state index is 11.7. The molecule has 3 nitrogen and oxygen atoms in total. The Bertz CT molecular complexity index is 405. The molecule has 3 N–H and O–H groups in total. The maximum absolute atomic E-state index is 11.7. The van der Waals surface area contributed by atoms with E-state index in [9.17, 15) is 4.79 Å². The van der Waals surface area contributed by atoms with Gasteiger partial charge >= 0.3 is 0 Å². The van der Waals surface area contributed by atoms with Crippen LogP contribution in [0.1, 0.15) is 42.6 Å². The van der Waals surface area contributed by atoms with Crippen molar-refractivity contribution in [2.45, 2.75) is 44.7 Å². The molecule has 0 bridgehead atoms. The van der Waals surface area contributed by atoms with Gasteiger partial charge in [-0.05, 0) is 50.8 Å². The Morgan fingerprint density at radius 1 is 1.35 bits per heavy atom. The third-order valence-corrected chi connectivity index (χ3v) is 3.08. The summed E-state index contributed by atoms with van der Waals surface area (Å²) in [6, 6.07) is 7.92. The Hall–Kier alpha value is -1.35. The predicted molar refractivity (Wildman–Crippen MR) is 68.9 cm³/mol. The van der Waals surface area contributed by atoms with Crippen molar-refractivity contribution in [3.63, 3.8) is 0 Å². The molecule has 1 saturated carbocycles. The lowest BCUT2D eigenvalue weighted by molar-refractivity contribution is 0.0943. The molecule has 2 rings (SSSR count). The van der Waals surface area contributed by atoms with Gasteiger partial charge < -0.3 is 11.1 Å². The van der Waals surface area contributed by atoms with E-state index in [1.807, 2.05) is 38.1 Å². The minimum absolute atomic E-state index is 0.0135. The number of nitrogens with one attached hydrogen (secondary N) is 1. The molecular formula is C14H20N2O. The van der Waals surface area contributed by atoms with Crippen molar-refractivity contribution in [2.75, 3.05) is 0 Å². The molecule has 0 atom stereocenters. The predicted octanol–water partition coefficient (Wildman–Crippen LogP) is 1.86. The number of benzene rings is 1. The summed E-state index contributed by atoms with van der Waals surface area (Å²) in [6.45, 7) is 3.91. The zero-order valence-electron chi connectivity index (χ0n) is 10.5. The normalized spacial score (nSPS) is 16.9. The first-order chi connectivity index (χ1) is 7.98. The van der Waals surface area contributed by atoms with Crippen LogP contribution in [-0.2, 0) is 6.42 Å². The van der Waals surface area contributed by atoms with Crippen LogP contribution >= 0.6 is 0 Å². The van der Waals surface area contributed by atoms with Crippen molar-refractivity contribution in [2.24, 2.45) is 5.73 Å². The minimum Gasteiger partial charge on any atom is -0.350 e. The van der Waals surface area contributed by atoms with Crippen LogP contribution in [0.3, 0.4) is 0 Å². The Morgan fingerprint density at radius 3 is 2.41 bits per heavy atom. The highest BCUT2D eigenvalue weighted by Crippen LogP contribution is 2.35. The minimum atomic E-state index is -0.0135. The van der Waals surface area contributed by atoms with Crippen LogP contribution in [0.4, 0.5) is 0 Å². The van der Waals surface area contributed by atoms with E-state index in [0.29, 0.717) is 5.56 Å². The lowest BCUT2D eigenvalue weighted by Crippen LogP contribution is -2.30. The first-order valence-electron chi connectivity index (χ1n) is 6.17. The summed E-state index contributed by atoms with van der Waals surface area (Å²) in [5, 5.41) is 2.88. The Kier molecular flexibility index (Phi) is 3.20.